The second-order valence-corrected chi connectivity index (χ2v) is 8.54. The van der Waals surface area contributed by atoms with Gasteiger partial charge >= 0.3 is 0 Å². The highest BCUT2D eigenvalue weighted by atomic mass is 16.1. The number of nitrogens with one attached hydrogen (secondary N) is 1. The first-order valence-corrected chi connectivity index (χ1v) is 12.6. The summed E-state index contributed by atoms with van der Waals surface area (Å²) in [6.07, 6.45) is 16.3. The van der Waals surface area contributed by atoms with Crippen molar-refractivity contribution in [2.24, 2.45) is 0 Å². The Hall–Kier alpha value is -4.10. The lowest BCUT2D eigenvalue weighted by Gasteiger charge is -1.99. The van der Waals surface area contributed by atoms with Gasteiger partial charge in [0.15, 0.2) is 11.5 Å². The van der Waals surface area contributed by atoms with Gasteiger partial charge in [0, 0.05) is 73.8 Å². The maximum Gasteiger partial charge on any atom is 0.184 e. The van der Waals surface area contributed by atoms with Gasteiger partial charge in [0.2, 0.25) is 0 Å². The van der Waals surface area contributed by atoms with Gasteiger partial charge in [-0.15, -0.1) is 0 Å². The van der Waals surface area contributed by atoms with Crippen molar-refractivity contribution in [1.82, 2.24) is 25.3 Å². The van der Waals surface area contributed by atoms with Crippen LogP contribution >= 0.6 is 0 Å². The minimum atomic E-state index is 0. The number of carbonyl (C=O) groups is 1. The number of Topliss-reactive ketones (excluding diaryl/α,β-unsaturated/α-hetero) is 1. The van der Waals surface area contributed by atoms with E-state index in [4.69, 9.17) is 0 Å². The lowest BCUT2D eigenvalue weighted by molar-refractivity contribution is -0.488. The molecule has 7 nitrogen and oxygen atoms in total. The van der Waals surface area contributed by atoms with E-state index in [1.807, 2.05) is 62.0 Å². The van der Waals surface area contributed by atoms with Crippen LogP contribution in [0.4, 0.5) is 0 Å². The summed E-state index contributed by atoms with van der Waals surface area (Å²) >= 11 is 0. The summed E-state index contributed by atoms with van der Waals surface area (Å²) in [5.41, 5.74) is 5.43. The van der Waals surface area contributed by atoms with Crippen LogP contribution in [0, 0.1) is 7.43 Å². The molecule has 4 aromatic rings. The third-order valence-corrected chi connectivity index (χ3v) is 5.80. The molecule has 0 bridgehead atoms. The molecule has 0 saturated heterocycles. The monoisotopic (exact) mass is 510 g/mol. The first-order valence-electron chi connectivity index (χ1n) is 12.6. The summed E-state index contributed by atoms with van der Waals surface area (Å²) in [6, 6.07) is 17.4. The zero-order chi connectivity index (χ0) is 26.1. The van der Waals surface area contributed by atoms with E-state index in [-0.39, 0.29) is 13.2 Å². The molecule has 0 spiro atoms. The first kappa shape index (κ1) is 30.1. The summed E-state index contributed by atoms with van der Waals surface area (Å²) in [6.45, 7) is 2.07. The number of aromatic nitrogens is 4. The molecule has 0 unspecified atom stereocenters. The Morgan fingerprint density at radius 2 is 1.55 bits per heavy atom. The highest BCUT2D eigenvalue weighted by molar-refractivity contribution is 5.97. The Morgan fingerprint density at radius 3 is 2.08 bits per heavy atom. The van der Waals surface area contributed by atoms with Gasteiger partial charge in [0.1, 0.15) is 13.6 Å². The SMILES string of the molecule is CNCCCC(=O)c1cccnc1.C[N+]1=C(c2cccnc2)CCC1.[CH3-].c1ccc(-c2cccnc2)nc1. The van der Waals surface area contributed by atoms with Gasteiger partial charge in [-0.2, -0.15) is 0 Å². The summed E-state index contributed by atoms with van der Waals surface area (Å²) in [5.74, 6) is 0.170. The molecule has 0 saturated carbocycles. The average molecular weight is 511 g/mol. The van der Waals surface area contributed by atoms with Crippen LogP contribution in [0.2, 0.25) is 0 Å². The smallest absolute Gasteiger partial charge is 0.184 e. The molecule has 0 aliphatic carbocycles. The van der Waals surface area contributed by atoms with E-state index >= 15 is 0 Å². The summed E-state index contributed by atoms with van der Waals surface area (Å²) in [7, 11) is 4.03. The van der Waals surface area contributed by atoms with Crippen LogP contribution in [-0.4, -0.2) is 63.2 Å². The van der Waals surface area contributed by atoms with E-state index in [1.54, 1.807) is 36.9 Å². The van der Waals surface area contributed by atoms with Crippen LogP contribution in [-0.2, 0) is 0 Å². The van der Waals surface area contributed by atoms with Gasteiger partial charge < -0.3 is 12.7 Å². The van der Waals surface area contributed by atoms with Crippen LogP contribution < -0.4 is 5.32 Å². The Morgan fingerprint density at radius 1 is 0.868 bits per heavy atom. The van der Waals surface area contributed by atoms with E-state index in [9.17, 15) is 4.79 Å². The Kier molecular flexibility index (Phi) is 13.8. The van der Waals surface area contributed by atoms with Crippen molar-refractivity contribution < 1.29 is 9.37 Å². The molecular formula is C31H38N6O. The fraction of sp³-hybridized carbons (Fsp3) is 0.258. The molecule has 0 radical (unpaired) electrons. The van der Waals surface area contributed by atoms with Crippen LogP contribution in [0.25, 0.3) is 11.3 Å². The Labute approximate surface area is 226 Å². The molecule has 7 heteroatoms. The number of carbonyl (C=O) groups excluding carboxylic acids is 1. The number of nitrogens with zero attached hydrogens (tertiary/aromatic N) is 5. The molecule has 1 N–H and O–H groups in total. The fourth-order valence-corrected chi connectivity index (χ4v) is 3.85. The van der Waals surface area contributed by atoms with Crippen molar-refractivity contribution in [3.63, 3.8) is 0 Å². The van der Waals surface area contributed by atoms with E-state index in [0.717, 1.165) is 24.2 Å². The minimum Gasteiger partial charge on any atom is -0.358 e. The van der Waals surface area contributed by atoms with E-state index in [0.29, 0.717) is 12.0 Å². The second-order valence-electron chi connectivity index (χ2n) is 8.54. The predicted octanol–water partition coefficient (Wildman–Crippen LogP) is 5.16. The van der Waals surface area contributed by atoms with Crippen LogP contribution in [0.1, 0.15) is 41.6 Å². The zero-order valence-electron chi connectivity index (χ0n) is 22.6. The maximum atomic E-state index is 11.5. The molecule has 5 heterocycles. The Balaban J connectivity index is 0.000000198. The van der Waals surface area contributed by atoms with Gasteiger partial charge in [-0.05, 0) is 68.5 Å². The summed E-state index contributed by atoms with van der Waals surface area (Å²) in [5, 5.41) is 3.01. The number of hydrogen-bond acceptors (Lipinski definition) is 6. The molecule has 198 valence electrons. The van der Waals surface area contributed by atoms with Crippen molar-refractivity contribution in [2.75, 3.05) is 27.2 Å². The second kappa shape index (κ2) is 17.4. The van der Waals surface area contributed by atoms with Crippen LogP contribution in [0.15, 0.2) is 98.0 Å². The van der Waals surface area contributed by atoms with Crippen LogP contribution in [0.5, 0.6) is 0 Å². The van der Waals surface area contributed by atoms with Crippen molar-refractivity contribution in [1.29, 1.82) is 0 Å². The molecule has 0 amide bonds. The van der Waals surface area contributed by atoms with Gasteiger partial charge in [0.25, 0.3) is 0 Å². The molecule has 1 aliphatic heterocycles. The molecule has 0 aromatic carbocycles. The molecule has 38 heavy (non-hydrogen) atoms. The van der Waals surface area contributed by atoms with Gasteiger partial charge in [0.05, 0.1) is 11.3 Å². The average Bonchev–Trinajstić information content (AvgIpc) is 3.41. The predicted molar refractivity (Wildman–Crippen MR) is 154 cm³/mol. The van der Waals surface area contributed by atoms with E-state index in [2.05, 4.69) is 42.9 Å². The van der Waals surface area contributed by atoms with Crippen LogP contribution in [0.3, 0.4) is 0 Å². The van der Waals surface area contributed by atoms with Gasteiger partial charge in [-0.25, -0.2) is 4.58 Å². The summed E-state index contributed by atoms with van der Waals surface area (Å²) in [4.78, 5) is 27.7. The number of rotatable bonds is 7. The molecule has 0 fully saturated rings. The van der Waals surface area contributed by atoms with Gasteiger partial charge in [-0.3, -0.25) is 24.7 Å². The maximum absolute atomic E-state index is 11.5. The lowest BCUT2D eigenvalue weighted by atomic mass is 10.1. The summed E-state index contributed by atoms with van der Waals surface area (Å²) < 4.78 is 2.32. The minimum absolute atomic E-state index is 0. The van der Waals surface area contributed by atoms with Crippen molar-refractivity contribution in [2.45, 2.75) is 25.7 Å². The Bertz CT molecular complexity index is 1180. The van der Waals surface area contributed by atoms with E-state index < -0.39 is 0 Å². The van der Waals surface area contributed by atoms with Crippen molar-refractivity contribution >= 4 is 11.5 Å². The molecular weight excluding hydrogens is 472 g/mol. The first-order chi connectivity index (χ1) is 18.2. The quantitative estimate of drug-likeness (QED) is 0.160. The third-order valence-electron chi connectivity index (χ3n) is 5.80. The third kappa shape index (κ3) is 10.1. The molecule has 4 aromatic heterocycles. The van der Waals surface area contributed by atoms with Crippen molar-refractivity contribution in [3.8, 4) is 11.3 Å². The molecule has 1 aliphatic rings. The highest BCUT2D eigenvalue weighted by Crippen LogP contribution is 2.13. The lowest BCUT2D eigenvalue weighted by Crippen LogP contribution is -2.10. The number of pyridine rings is 4. The number of ketones is 1. The fourth-order valence-electron chi connectivity index (χ4n) is 3.85. The topological polar surface area (TPSA) is 83.7 Å². The standard InChI is InChI=1S/C10H14N2O.C10H13N2.C10H8N2.CH3/c1-11-6-3-5-10(13)9-4-2-7-12-8-9;1-12-7-3-5-10(12)9-4-2-6-11-8-9;1-2-7-12-10(5-1)9-4-3-6-11-8-9;/h2,4,7-8,11H,3,5-6H2,1H3;2,4,6,8H,3,5,7H2,1H3;1-8H;1H3/q;+1;;-1. The molecule has 5 rings (SSSR count). The number of hydrogen-bond donors (Lipinski definition) is 1. The normalized spacial score (nSPS) is 11.8. The van der Waals surface area contributed by atoms with Gasteiger partial charge in [-0.1, -0.05) is 6.07 Å². The van der Waals surface area contributed by atoms with E-state index in [1.165, 1.54) is 30.7 Å². The van der Waals surface area contributed by atoms with Crippen molar-refractivity contribution in [3.05, 3.63) is 117 Å². The molecule has 0 atom stereocenters. The highest BCUT2D eigenvalue weighted by Gasteiger charge is 2.19. The zero-order valence-corrected chi connectivity index (χ0v) is 22.6. The largest absolute Gasteiger partial charge is 0.358 e.